The van der Waals surface area contributed by atoms with Crippen LogP contribution >= 0.6 is 0 Å². The Morgan fingerprint density at radius 2 is 2.05 bits per heavy atom. The Morgan fingerprint density at radius 1 is 1.35 bits per heavy atom. The quantitative estimate of drug-likeness (QED) is 0.365. The third kappa shape index (κ3) is 3.33. The van der Waals surface area contributed by atoms with Crippen molar-refractivity contribution in [3.63, 3.8) is 0 Å². The molecule has 0 bridgehead atoms. The molecule has 0 aromatic carbocycles. The standard InChI is InChI=1S/C10H14N2O8/c1-5(13)17-4-8(14)11-6-2-18-10-7(20-12(15)16)3-19-9(6)10/h6-7,9-10H,2-4H2,1H3,(H,11,14)/t6-,7+,9+,10+/m0/s1. The van der Waals surface area contributed by atoms with E-state index in [9.17, 15) is 19.7 Å². The molecule has 10 nitrogen and oxygen atoms in total. The second-order valence-corrected chi connectivity index (χ2v) is 4.42. The highest BCUT2D eigenvalue weighted by Crippen LogP contribution is 2.28. The fraction of sp³-hybridized carbons (Fsp3) is 0.800. The minimum atomic E-state index is -0.896. The SMILES string of the molecule is CC(=O)OCC(=O)N[C@H]1CO[C@H]2[C@@H]1OC[C@H]2O[N+](=O)[O-]. The van der Waals surface area contributed by atoms with E-state index in [0.717, 1.165) is 0 Å². The van der Waals surface area contributed by atoms with Gasteiger partial charge in [-0.15, -0.1) is 10.1 Å². The molecule has 0 aromatic rings. The van der Waals surface area contributed by atoms with E-state index >= 15 is 0 Å². The number of amides is 1. The number of nitrogens with zero attached hydrogens (tertiary/aromatic N) is 1. The first kappa shape index (κ1) is 14.5. The first-order valence-electron chi connectivity index (χ1n) is 5.94. The molecule has 112 valence electrons. The molecule has 0 saturated carbocycles. The summed E-state index contributed by atoms with van der Waals surface area (Å²) in [6.07, 6.45) is -1.91. The molecule has 2 saturated heterocycles. The summed E-state index contributed by atoms with van der Waals surface area (Å²) in [6, 6.07) is -0.455. The van der Waals surface area contributed by atoms with Gasteiger partial charge >= 0.3 is 5.97 Å². The maximum atomic E-state index is 11.5. The minimum absolute atomic E-state index is 0.0205. The monoisotopic (exact) mass is 290 g/mol. The van der Waals surface area contributed by atoms with Crippen molar-refractivity contribution in [1.29, 1.82) is 0 Å². The molecule has 2 aliphatic heterocycles. The normalized spacial score (nSPS) is 31.4. The van der Waals surface area contributed by atoms with E-state index in [1.54, 1.807) is 0 Å². The number of nitrogens with one attached hydrogen (secondary N) is 1. The predicted octanol–water partition coefficient (Wildman–Crippen LogP) is -1.59. The summed E-state index contributed by atoms with van der Waals surface area (Å²) in [5.74, 6) is -1.05. The van der Waals surface area contributed by atoms with Crippen molar-refractivity contribution in [3.8, 4) is 0 Å². The molecule has 2 fully saturated rings. The summed E-state index contributed by atoms with van der Waals surface area (Å²) < 4.78 is 15.3. The lowest BCUT2D eigenvalue weighted by atomic mass is 10.1. The van der Waals surface area contributed by atoms with Crippen LogP contribution in [-0.4, -0.2) is 61.1 Å². The topological polar surface area (TPSA) is 126 Å². The summed E-state index contributed by atoms with van der Waals surface area (Å²) in [5, 5.41) is 12.0. The number of hydrogen-bond donors (Lipinski definition) is 1. The second-order valence-electron chi connectivity index (χ2n) is 4.42. The molecule has 20 heavy (non-hydrogen) atoms. The molecule has 2 rings (SSSR count). The highest BCUT2D eigenvalue weighted by atomic mass is 17.0. The lowest BCUT2D eigenvalue weighted by Crippen LogP contribution is -2.45. The molecular weight excluding hydrogens is 276 g/mol. The summed E-state index contributed by atoms with van der Waals surface area (Å²) in [4.78, 5) is 36.8. The van der Waals surface area contributed by atoms with Gasteiger partial charge < -0.3 is 24.4 Å². The van der Waals surface area contributed by atoms with Crippen molar-refractivity contribution in [2.75, 3.05) is 19.8 Å². The van der Waals surface area contributed by atoms with Crippen molar-refractivity contribution < 1.29 is 33.7 Å². The smallest absolute Gasteiger partial charge is 0.303 e. The maximum absolute atomic E-state index is 11.5. The van der Waals surface area contributed by atoms with Crippen LogP contribution in [0.1, 0.15) is 6.92 Å². The fourth-order valence-electron chi connectivity index (χ4n) is 2.20. The lowest BCUT2D eigenvalue weighted by molar-refractivity contribution is -0.769. The van der Waals surface area contributed by atoms with Crippen LogP contribution in [0.2, 0.25) is 0 Å². The van der Waals surface area contributed by atoms with Gasteiger partial charge in [0.15, 0.2) is 12.7 Å². The lowest BCUT2D eigenvalue weighted by Gasteiger charge is -2.17. The molecule has 2 heterocycles. The van der Waals surface area contributed by atoms with E-state index in [0.29, 0.717) is 0 Å². The molecule has 1 amide bonds. The number of hydrogen-bond acceptors (Lipinski definition) is 8. The van der Waals surface area contributed by atoms with Gasteiger partial charge in [0.05, 0.1) is 19.3 Å². The molecule has 0 aliphatic carbocycles. The third-order valence-corrected chi connectivity index (χ3v) is 2.98. The molecular formula is C10H14N2O8. The van der Waals surface area contributed by atoms with Crippen molar-refractivity contribution >= 4 is 11.9 Å². The van der Waals surface area contributed by atoms with Crippen LogP contribution in [0.5, 0.6) is 0 Å². The van der Waals surface area contributed by atoms with Crippen LogP contribution in [0.3, 0.4) is 0 Å². The van der Waals surface area contributed by atoms with Gasteiger partial charge in [0.2, 0.25) is 0 Å². The van der Waals surface area contributed by atoms with Gasteiger partial charge in [-0.3, -0.25) is 9.59 Å². The van der Waals surface area contributed by atoms with Crippen LogP contribution in [0, 0.1) is 10.1 Å². The third-order valence-electron chi connectivity index (χ3n) is 2.98. The van der Waals surface area contributed by atoms with Gasteiger partial charge in [-0.05, 0) is 0 Å². The van der Waals surface area contributed by atoms with Gasteiger partial charge in [-0.2, -0.15) is 0 Å². The zero-order chi connectivity index (χ0) is 14.7. The first-order valence-corrected chi connectivity index (χ1v) is 5.94. The Labute approximate surface area is 113 Å². The van der Waals surface area contributed by atoms with Crippen molar-refractivity contribution in [2.45, 2.75) is 31.3 Å². The maximum Gasteiger partial charge on any atom is 0.303 e. The van der Waals surface area contributed by atoms with Gasteiger partial charge in [-0.25, -0.2) is 0 Å². The Hall–Kier alpha value is -1.94. The van der Waals surface area contributed by atoms with E-state index in [2.05, 4.69) is 14.9 Å². The summed E-state index contributed by atoms with van der Waals surface area (Å²) in [7, 11) is 0. The number of ether oxygens (including phenoxy) is 3. The Bertz CT molecular complexity index is 414. The van der Waals surface area contributed by atoms with E-state index < -0.39 is 47.9 Å². The number of carbonyl (C=O) groups excluding carboxylic acids is 2. The van der Waals surface area contributed by atoms with E-state index in [4.69, 9.17) is 9.47 Å². The molecule has 10 heteroatoms. The number of esters is 1. The van der Waals surface area contributed by atoms with Crippen molar-refractivity contribution in [3.05, 3.63) is 10.1 Å². The van der Waals surface area contributed by atoms with E-state index in [1.165, 1.54) is 6.92 Å². The summed E-state index contributed by atoms with van der Waals surface area (Å²) in [5.41, 5.74) is 0. The minimum Gasteiger partial charge on any atom is -0.456 e. The molecule has 0 aromatic heterocycles. The van der Waals surface area contributed by atoms with Gasteiger partial charge in [0.1, 0.15) is 12.2 Å². The van der Waals surface area contributed by atoms with Crippen LogP contribution < -0.4 is 5.32 Å². The summed E-state index contributed by atoms with van der Waals surface area (Å²) in [6.45, 7) is 0.977. The van der Waals surface area contributed by atoms with Crippen molar-refractivity contribution in [1.82, 2.24) is 5.32 Å². The molecule has 4 atom stereocenters. The average molecular weight is 290 g/mol. The van der Waals surface area contributed by atoms with Crippen LogP contribution in [0.15, 0.2) is 0 Å². The van der Waals surface area contributed by atoms with Gasteiger partial charge in [0.25, 0.3) is 11.0 Å². The molecule has 0 spiro atoms. The highest BCUT2D eigenvalue weighted by molar-refractivity contribution is 5.80. The predicted molar refractivity (Wildman–Crippen MR) is 59.9 cm³/mol. The van der Waals surface area contributed by atoms with Crippen LogP contribution in [0.25, 0.3) is 0 Å². The van der Waals surface area contributed by atoms with E-state index in [-0.39, 0.29) is 13.2 Å². The largest absolute Gasteiger partial charge is 0.456 e. The number of fused-ring (bicyclic) bond motifs is 1. The average Bonchev–Trinajstić information content (AvgIpc) is 2.91. The fourth-order valence-corrected chi connectivity index (χ4v) is 2.20. The number of rotatable bonds is 5. The van der Waals surface area contributed by atoms with Gasteiger partial charge in [-0.1, -0.05) is 0 Å². The zero-order valence-electron chi connectivity index (χ0n) is 10.6. The Morgan fingerprint density at radius 3 is 2.70 bits per heavy atom. The molecule has 1 N–H and O–H groups in total. The highest BCUT2D eigenvalue weighted by Gasteiger charge is 2.49. The van der Waals surface area contributed by atoms with Crippen LogP contribution in [-0.2, 0) is 28.6 Å². The Kier molecular flexibility index (Phi) is 4.35. The molecule has 0 unspecified atom stereocenters. The summed E-state index contributed by atoms with van der Waals surface area (Å²) >= 11 is 0. The molecule has 2 aliphatic rings. The molecule has 0 radical (unpaired) electrons. The van der Waals surface area contributed by atoms with Crippen molar-refractivity contribution in [2.24, 2.45) is 0 Å². The van der Waals surface area contributed by atoms with Gasteiger partial charge in [0, 0.05) is 6.92 Å². The number of carbonyl (C=O) groups is 2. The zero-order valence-corrected chi connectivity index (χ0v) is 10.6. The second kappa shape index (κ2) is 6.01. The van der Waals surface area contributed by atoms with Crippen LogP contribution in [0.4, 0.5) is 0 Å². The Balaban J connectivity index is 1.83. The van der Waals surface area contributed by atoms with E-state index in [1.807, 2.05) is 0 Å². The first-order chi connectivity index (χ1) is 9.47.